The van der Waals surface area contributed by atoms with Crippen LogP contribution in [-0.2, 0) is 17.6 Å². The summed E-state index contributed by atoms with van der Waals surface area (Å²) in [4.78, 5) is 15.8. The molecule has 2 rings (SSSR count). The molecular weight excluding hydrogens is 338 g/mol. The molecular formula is C20H26ClNOS. The average Bonchev–Trinajstić information content (AvgIpc) is 3.07. The zero-order chi connectivity index (χ0) is 17.2. The summed E-state index contributed by atoms with van der Waals surface area (Å²) in [6, 6.07) is 12.2. The standard InChI is InChI=1S/C20H26ClNOS/c1-2-7-20(23)22(14-5-11-19-12-6-15-24-19)13-4-9-17-8-3-10-18(21)16-17/h3,6,8,10,12,15-16H,2,4-5,7,9,11,13-14H2,1H3. The van der Waals surface area contributed by atoms with E-state index in [1.807, 2.05) is 23.1 Å². The van der Waals surface area contributed by atoms with Crippen LogP contribution in [0.4, 0.5) is 0 Å². The van der Waals surface area contributed by atoms with Gasteiger partial charge < -0.3 is 4.90 Å². The lowest BCUT2D eigenvalue weighted by Crippen LogP contribution is -2.33. The van der Waals surface area contributed by atoms with Crippen molar-refractivity contribution in [1.29, 1.82) is 0 Å². The molecule has 0 spiro atoms. The van der Waals surface area contributed by atoms with Crippen molar-refractivity contribution in [2.75, 3.05) is 13.1 Å². The molecule has 0 aliphatic heterocycles. The van der Waals surface area contributed by atoms with Crippen LogP contribution in [0, 0.1) is 0 Å². The molecule has 0 fully saturated rings. The van der Waals surface area contributed by atoms with Crippen molar-refractivity contribution in [1.82, 2.24) is 4.90 Å². The maximum Gasteiger partial charge on any atom is 0.222 e. The molecule has 1 aromatic carbocycles. The fourth-order valence-electron chi connectivity index (χ4n) is 2.80. The Hall–Kier alpha value is -1.32. The first-order chi connectivity index (χ1) is 11.7. The number of carbonyl (C=O) groups excluding carboxylic acids is 1. The van der Waals surface area contributed by atoms with Crippen LogP contribution in [0.1, 0.15) is 43.0 Å². The highest BCUT2D eigenvalue weighted by atomic mass is 35.5. The Bertz CT molecular complexity index is 612. The van der Waals surface area contributed by atoms with Crippen LogP contribution in [0.2, 0.25) is 5.02 Å². The molecule has 130 valence electrons. The predicted octanol–water partition coefficient (Wildman–Crippen LogP) is 5.60. The predicted molar refractivity (Wildman–Crippen MR) is 104 cm³/mol. The number of hydrogen-bond donors (Lipinski definition) is 0. The molecule has 1 heterocycles. The fourth-order valence-corrected chi connectivity index (χ4v) is 3.76. The van der Waals surface area contributed by atoms with Gasteiger partial charge in [-0.1, -0.05) is 36.7 Å². The topological polar surface area (TPSA) is 20.3 Å². The van der Waals surface area contributed by atoms with Crippen molar-refractivity contribution in [3.05, 3.63) is 57.2 Å². The molecule has 0 N–H and O–H groups in total. The second-order valence-corrected chi connectivity index (χ2v) is 7.52. The van der Waals surface area contributed by atoms with Gasteiger partial charge in [0.15, 0.2) is 0 Å². The molecule has 1 aromatic heterocycles. The molecule has 0 radical (unpaired) electrons. The number of rotatable bonds is 10. The molecule has 0 atom stereocenters. The van der Waals surface area contributed by atoms with Crippen LogP contribution < -0.4 is 0 Å². The summed E-state index contributed by atoms with van der Waals surface area (Å²) >= 11 is 7.83. The molecule has 0 aliphatic carbocycles. The average molecular weight is 364 g/mol. The summed E-state index contributed by atoms with van der Waals surface area (Å²) < 4.78 is 0. The highest BCUT2D eigenvalue weighted by Crippen LogP contribution is 2.14. The quantitative estimate of drug-likeness (QED) is 0.538. The summed E-state index contributed by atoms with van der Waals surface area (Å²) in [5.74, 6) is 0.287. The van der Waals surface area contributed by atoms with E-state index in [9.17, 15) is 4.79 Å². The number of nitrogens with zero attached hydrogens (tertiary/aromatic N) is 1. The van der Waals surface area contributed by atoms with Gasteiger partial charge in [0, 0.05) is 29.4 Å². The molecule has 0 bridgehead atoms. The molecule has 0 saturated carbocycles. The zero-order valence-corrected chi connectivity index (χ0v) is 15.9. The molecule has 24 heavy (non-hydrogen) atoms. The van der Waals surface area contributed by atoms with E-state index >= 15 is 0 Å². The SMILES string of the molecule is CCCC(=O)N(CCCc1cccc(Cl)c1)CCCc1cccs1. The second kappa shape index (κ2) is 10.5. The van der Waals surface area contributed by atoms with E-state index in [4.69, 9.17) is 11.6 Å². The minimum Gasteiger partial charge on any atom is -0.343 e. The number of aryl methyl sites for hydroxylation is 2. The first kappa shape index (κ1) is 19.0. The number of carbonyl (C=O) groups is 1. The number of hydrogen-bond acceptors (Lipinski definition) is 2. The summed E-state index contributed by atoms with van der Waals surface area (Å²) in [5, 5.41) is 2.89. The largest absolute Gasteiger partial charge is 0.343 e. The smallest absolute Gasteiger partial charge is 0.222 e. The summed E-state index contributed by atoms with van der Waals surface area (Å²) in [5.41, 5.74) is 1.24. The highest BCUT2D eigenvalue weighted by Gasteiger charge is 2.12. The van der Waals surface area contributed by atoms with Crippen LogP contribution in [0.5, 0.6) is 0 Å². The van der Waals surface area contributed by atoms with E-state index < -0.39 is 0 Å². The third-order valence-electron chi connectivity index (χ3n) is 4.03. The molecule has 4 heteroatoms. The van der Waals surface area contributed by atoms with Gasteiger partial charge in [-0.15, -0.1) is 11.3 Å². The Morgan fingerprint density at radius 1 is 1.12 bits per heavy atom. The Morgan fingerprint density at radius 2 is 1.92 bits per heavy atom. The highest BCUT2D eigenvalue weighted by molar-refractivity contribution is 7.09. The van der Waals surface area contributed by atoms with Gasteiger partial charge in [0.1, 0.15) is 0 Å². The van der Waals surface area contributed by atoms with E-state index in [1.165, 1.54) is 10.4 Å². The van der Waals surface area contributed by atoms with Gasteiger partial charge in [-0.25, -0.2) is 0 Å². The Labute approximate surface area is 154 Å². The minimum atomic E-state index is 0.287. The molecule has 0 unspecified atom stereocenters. The molecule has 0 aliphatic rings. The van der Waals surface area contributed by atoms with Crippen molar-refractivity contribution in [3.63, 3.8) is 0 Å². The van der Waals surface area contributed by atoms with E-state index in [1.54, 1.807) is 11.3 Å². The maximum atomic E-state index is 12.3. The minimum absolute atomic E-state index is 0.287. The van der Waals surface area contributed by atoms with Crippen molar-refractivity contribution in [2.45, 2.75) is 45.4 Å². The van der Waals surface area contributed by atoms with E-state index in [2.05, 4.69) is 30.5 Å². The normalized spacial score (nSPS) is 10.8. The Kier molecular flexibility index (Phi) is 8.34. The third-order valence-corrected chi connectivity index (χ3v) is 5.20. The molecule has 2 aromatic rings. The maximum absolute atomic E-state index is 12.3. The second-order valence-electron chi connectivity index (χ2n) is 6.05. The number of benzene rings is 1. The lowest BCUT2D eigenvalue weighted by atomic mass is 10.1. The van der Waals surface area contributed by atoms with Crippen molar-refractivity contribution in [3.8, 4) is 0 Å². The van der Waals surface area contributed by atoms with Gasteiger partial charge >= 0.3 is 0 Å². The summed E-state index contributed by atoms with van der Waals surface area (Å²) in [6.07, 6.45) is 5.59. The lowest BCUT2D eigenvalue weighted by Gasteiger charge is -2.22. The first-order valence-corrected chi connectivity index (χ1v) is 9.99. The van der Waals surface area contributed by atoms with Crippen LogP contribution in [-0.4, -0.2) is 23.9 Å². The van der Waals surface area contributed by atoms with Gasteiger partial charge in [0.25, 0.3) is 0 Å². The van der Waals surface area contributed by atoms with Gasteiger partial charge in [0.2, 0.25) is 5.91 Å². The third kappa shape index (κ3) is 6.66. The van der Waals surface area contributed by atoms with Gasteiger partial charge in [0.05, 0.1) is 0 Å². The summed E-state index contributed by atoms with van der Waals surface area (Å²) in [6.45, 7) is 3.75. The lowest BCUT2D eigenvalue weighted by molar-refractivity contribution is -0.131. The van der Waals surface area contributed by atoms with E-state index in [0.29, 0.717) is 6.42 Å². The van der Waals surface area contributed by atoms with E-state index in [0.717, 1.165) is 50.2 Å². The van der Waals surface area contributed by atoms with E-state index in [-0.39, 0.29) is 5.91 Å². The van der Waals surface area contributed by atoms with Gasteiger partial charge in [-0.3, -0.25) is 4.79 Å². The van der Waals surface area contributed by atoms with Crippen molar-refractivity contribution < 1.29 is 4.79 Å². The number of halogens is 1. The molecule has 2 nitrogen and oxygen atoms in total. The zero-order valence-electron chi connectivity index (χ0n) is 14.3. The Balaban J connectivity index is 1.80. The van der Waals surface area contributed by atoms with Gasteiger partial charge in [-0.2, -0.15) is 0 Å². The number of thiophene rings is 1. The van der Waals surface area contributed by atoms with Crippen LogP contribution in [0.25, 0.3) is 0 Å². The monoisotopic (exact) mass is 363 g/mol. The number of amides is 1. The summed E-state index contributed by atoms with van der Waals surface area (Å²) in [7, 11) is 0. The van der Waals surface area contributed by atoms with Gasteiger partial charge in [-0.05, 0) is 61.2 Å². The van der Waals surface area contributed by atoms with Crippen LogP contribution in [0.3, 0.4) is 0 Å². The van der Waals surface area contributed by atoms with Crippen molar-refractivity contribution in [2.24, 2.45) is 0 Å². The molecule has 1 amide bonds. The molecule has 0 saturated heterocycles. The van der Waals surface area contributed by atoms with Crippen LogP contribution >= 0.6 is 22.9 Å². The first-order valence-electron chi connectivity index (χ1n) is 8.73. The fraction of sp³-hybridized carbons (Fsp3) is 0.450. The Morgan fingerprint density at radius 3 is 2.58 bits per heavy atom. The van der Waals surface area contributed by atoms with Crippen LogP contribution in [0.15, 0.2) is 41.8 Å². The van der Waals surface area contributed by atoms with Crippen molar-refractivity contribution >= 4 is 28.8 Å².